The van der Waals surface area contributed by atoms with Crippen LogP contribution in [0.2, 0.25) is 0 Å². The molecule has 1 aromatic carbocycles. The van der Waals surface area contributed by atoms with E-state index in [1.165, 1.54) is 24.8 Å². The molecule has 0 saturated heterocycles. The van der Waals surface area contributed by atoms with Crippen LogP contribution in [0.1, 0.15) is 37.7 Å². The summed E-state index contributed by atoms with van der Waals surface area (Å²) in [4.78, 5) is 0. The molecule has 1 aromatic rings. The van der Waals surface area contributed by atoms with Crippen LogP contribution in [0.4, 0.5) is 0 Å². The fourth-order valence-corrected chi connectivity index (χ4v) is 4.10. The van der Waals surface area contributed by atoms with Crippen molar-refractivity contribution in [3.8, 4) is 0 Å². The molecule has 0 aromatic heterocycles. The van der Waals surface area contributed by atoms with Crippen molar-refractivity contribution in [3.63, 3.8) is 0 Å². The highest BCUT2D eigenvalue weighted by Gasteiger charge is 2.52. The minimum Gasteiger partial charge on any atom is -0.0998 e. The lowest BCUT2D eigenvalue weighted by Gasteiger charge is -2.50. The lowest BCUT2D eigenvalue weighted by Crippen LogP contribution is -2.42. The SMILES string of the molecule is C=C(C)C1C2CCCC2C1c1ccccc1. The van der Waals surface area contributed by atoms with Gasteiger partial charge in [-0.1, -0.05) is 48.9 Å². The van der Waals surface area contributed by atoms with Gasteiger partial charge in [-0.15, -0.1) is 0 Å². The van der Waals surface area contributed by atoms with Crippen LogP contribution in [-0.2, 0) is 0 Å². The first-order chi connectivity index (χ1) is 7.79. The molecule has 0 heteroatoms. The van der Waals surface area contributed by atoms with Crippen LogP contribution in [0.5, 0.6) is 0 Å². The molecule has 2 aliphatic carbocycles. The summed E-state index contributed by atoms with van der Waals surface area (Å²) in [5.41, 5.74) is 2.94. The Balaban J connectivity index is 1.91. The normalized spacial score (nSPS) is 36.6. The topological polar surface area (TPSA) is 0 Å². The highest BCUT2D eigenvalue weighted by Crippen LogP contribution is 2.61. The number of rotatable bonds is 2. The lowest BCUT2D eigenvalue weighted by atomic mass is 9.54. The fraction of sp³-hybridized carbons (Fsp3) is 0.500. The molecule has 0 bridgehead atoms. The van der Waals surface area contributed by atoms with Gasteiger partial charge in [-0.25, -0.2) is 0 Å². The van der Waals surface area contributed by atoms with Crippen LogP contribution in [0, 0.1) is 17.8 Å². The van der Waals surface area contributed by atoms with Crippen LogP contribution < -0.4 is 0 Å². The predicted molar refractivity (Wildman–Crippen MR) is 68.3 cm³/mol. The molecule has 16 heavy (non-hydrogen) atoms. The summed E-state index contributed by atoms with van der Waals surface area (Å²) in [7, 11) is 0. The van der Waals surface area contributed by atoms with E-state index in [2.05, 4.69) is 43.8 Å². The first-order valence-electron chi connectivity index (χ1n) is 6.49. The number of hydrogen-bond acceptors (Lipinski definition) is 0. The summed E-state index contributed by atoms with van der Waals surface area (Å²) in [6.07, 6.45) is 4.31. The van der Waals surface area contributed by atoms with E-state index in [0.717, 1.165) is 23.7 Å². The average molecular weight is 212 g/mol. The van der Waals surface area contributed by atoms with Crippen molar-refractivity contribution in [2.24, 2.45) is 17.8 Å². The second kappa shape index (κ2) is 3.76. The second-order valence-corrected chi connectivity index (χ2v) is 5.57. The van der Waals surface area contributed by atoms with E-state index in [9.17, 15) is 0 Å². The molecule has 0 nitrogen and oxygen atoms in total. The molecular formula is C16H20. The third-order valence-electron chi connectivity index (χ3n) is 4.69. The van der Waals surface area contributed by atoms with Gasteiger partial charge in [0, 0.05) is 0 Å². The Labute approximate surface area is 98.4 Å². The van der Waals surface area contributed by atoms with Crippen LogP contribution >= 0.6 is 0 Å². The number of fused-ring (bicyclic) bond motifs is 1. The first kappa shape index (κ1) is 10.1. The zero-order valence-corrected chi connectivity index (χ0v) is 10.0. The maximum absolute atomic E-state index is 4.21. The Morgan fingerprint density at radius 3 is 2.50 bits per heavy atom. The molecule has 0 spiro atoms. The summed E-state index contributed by atoms with van der Waals surface area (Å²) < 4.78 is 0. The molecule has 2 fully saturated rings. The molecule has 2 aliphatic rings. The first-order valence-corrected chi connectivity index (χ1v) is 6.49. The van der Waals surface area contributed by atoms with Crippen molar-refractivity contribution < 1.29 is 0 Å². The minimum atomic E-state index is 0.759. The van der Waals surface area contributed by atoms with Gasteiger partial charge in [-0.3, -0.25) is 0 Å². The third kappa shape index (κ3) is 1.36. The molecule has 84 valence electrons. The minimum absolute atomic E-state index is 0.759. The van der Waals surface area contributed by atoms with E-state index < -0.39 is 0 Å². The molecule has 2 saturated carbocycles. The van der Waals surface area contributed by atoms with E-state index in [1.54, 1.807) is 5.56 Å². The Morgan fingerprint density at radius 2 is 1.81 bits per heavy atom. The maximum Gasteiger partial charge on any atom is -0.00626 e. The van der Waals surface area contributed by atoms with Gasteiger partial charge < -0.3 is 0 Å². The smallest absolute Gasteiger partial charge is 0.00626 e. The van der Waals surface area contributed by atoms with E-state index >= 15 is 0 Å². The summed E-state index contributed by atoms with van der Waals surface area (Å²) in [5.74, 6) is 3.42. The molecule has 4 unspecified atom stereocenters. The molecule has 0 radical (unpaired) electrons. The van der Waals surface area contributed by atoms with Gasteiger partial charge >= 0.3 is 0 Å². The van der Waals surface area contributed by atoms with Crippen LogP contribution in [0.15, 0.2) is 42.5 Å². The van der Waals surface area contributed by atoms with Crippen molar-refractivity contribution in [2.75, 3.05) is 0 Å². The largest absolute Gasteiger partial charge is 0.0998 e. The van der Waals surface area contributed by atoms with E-state index in [-0.39, 0.29) is 0 Å². The van der Waals surface area contributed by atoms with Crippen molar-refractivity contribution in [2.45, 2.75) is 32.1 Å². The highest BCUT2D eigenvalue weighted by atomic mass is 14.6. The van der Waals surface area contributed by atoms with Crippen molar-refractivity contribution >= 4 is 0 Å². The van der Waals surface area contributed by atoms with E-state index in [0.29, 0.717) is 0 Å². The van der Waals surface area contributed by atoms with Crippen molar-refractivity contribution in [1.82, 2.24) is 0 Å². The monoisotopic (exact) mass is 212 g/mol. The summed E-state index contributed by atoms with van der Waals surface area (Å²) in [5, 5.41) is 0. The number of benzene rings is 1. The fourth-order valence-electron chi connectivity index (χ4n) is 4.10. The Morgan fingerprint density at radius 1 is 1.12 bits per heavy atom. The van der Waals surface area contributed by atoms with Gasteiger partial charge in [0.1, 0.15) is 0 Å². The third-order valence-corrected chi connectivity index (χ3v) is 4.69. The maximum atomic E-state index is 4.21. The van der Waals surface area contributed by atoms with Crippen LogP contribution in [0.3, 0.4) is 0 Å². The predicted octanol–water partition coefficient (Wildman–Crippen LogP) is 4.39. The number of allylic oxidation sites excluding steroid dienone is 1. The molecule has 3 rings (SSSR count). The van der Waals surface area contributed by atoms with Gasteiger partial charge in [-0.05, 0) is 49.0 Å². The van der Waals surface area contributed by atoms with Crippen molar-refractivity contribution in [1.29, 1.82) is 0 Å². The molecule has 4 atom stereocenters. The Bertz CT molecular complexity index is 390. The van der Waals surface area contributed by atoms with Crippen LogP contribution in [0.25, 0.3) is 0 Å². The zero-order valence-electron chi connectivity index (χ0n) is 10.0. The number of hydrogen-bond donors (Lipinski definition) is 0. The molecule has 0 heterocycles. The highest BCUT2D eigenvalue weighted by molar-refractivity contribution is 5.30. The lowest BCUT2D eigenvalue weighted by molar-refractivity contribution is 0.0897. The summed E-state index contributed by atoms with van der Waals surface area (Å²) in [6, 6.07) is 11.1. The second-order valence-electron chi connectivity index (χ2n) is 5.57. The van der Waals surface area contributed by atoms with Gasteiger partial charge in [0.2, 0.25) is 0 Å². The van der Waals surface area contributed by atoms with Gasteiger partial charge in [0.25, 0.3) is 0 Å². The van der Waals surface area contributed by atoms with Gasteiger partial charge in [0.15, 0.2) is 0 Å². The van der Waals surface area contributed by atoms with Crippen LogP contribution in [-0.4, -0.2) is 0 Å². The molecular weight excluding hydrogens is 192 g/mol. The van der Waals surface area contributed by atoms with Gasteiger partial charge in [-0.2, -0.15) is 0 Å². The molecule has 0 N–H and O–H groups in total. The van der Waals surface area contributed by atoms with E-state index in [1.807, 2.05) is 0 Å². The zero-order chi connectivity index (χ0) is 11.1. The van der Waals surface area contributed by atoms with Crippen molar-refractivity contribution in [3.05, 3.63) is 48.0 Å². The Kier molecular flexibility index (Phi) is 2.38. The summed E-state index contributed by atoms with van der Waals surface area (Å²) >= 11 is 0. The quantitative estimate of drug-likeness (QED) is 0.638. The molecule has 0 aliphatic heterocycles. The molecule has 0 amide bonds. The summed E-state index contributed by atoms with van der Waals surface area (Å²) in [6.45, 7) is 6.43. The standard InChI is InChI=1S/C16H20/c1-11(2)15-13-9-6-10-14(13)16(15)12-7-4-3-5-8-12/h3-5,7-8,13-16H,1,6,9-10H2,2H3. The van der Waals surface area contributed by atoms with Gasteiger partial charge in [0.05, 0.1) is 0 Å². The average Bonchev–Trinajstić information content (AvgIpc) is 2.63. The van der Waals surface area contributed by atoms with E-state index in [4.69, 9.17) is 0 Å². The Hall–Kier alpha value is -1.04.